The smallest absolute Gasteiger partial charge is 0.164 e. The minimum atomic E-state index is 0.597. The molecule has 0 N–H and O–H groups in total. The molecule has 0 atom stereocenters. The number of rotatable bonds is 5. The van der Waals surface area contributed by atoms with Crippen molar-refractivity contribution in [2.24, 2.45) is 0 Å². The van der Waals surface area contributed by atoms with Crippen molar-refractivity contribution in [1.29, 1.82) is 5.26 Å². The molecule has 0 spiro atoms. The number of pyridine rings is 1. The lowest BCUT2D eigenvalue weighted by molar-refractivity contribution is 0.668. The molecule has 0 aliphatic carbocycles. The molecular formula is C53H30N6O. The average Bonchev–Trinajstić information content (AvgIpc) is 3.85. The first kappa shape index (κ1) is 33.6. The largest absolute Gasteiger partial charge is 0.454 e. The van der Waals surface area contributed by atoms with E-state index >= 15 is 0 Å². The molecule has 0 saturated heterocycles. The standard InChI is InChI=1S/C53H30N6O/c54-31-32-19-25-45-43(29-32)44-30-37(24-26-46(44)59(45)49-28-27-48-50(55-49)42-15-5-6-18-47(42)60-48)33-20-22-36(23-21-33)51-56-52(40-16-7-11-34-9-1-3-13-38(34)40)58-53(57-51)41-17-8-12-35-10-2-4-14-39(35)41/h1-30H. The Labute approximate surface area is 343 Å². The van der Waals surface area contributed by atoms with Crippen LogP contribution in [0, 0.1) is 11.3 Å². The van der Waals surface area contributed by atoms with Gasteiger partial charge in [-0.25, -0.2) is 19.9 Å². The zero-order chi connectivity index (χ0) is 39.7. The quantitative estimate of drug-likeness (QED) is 0.173. The van der Waals surface area contributed by atoms with E-state index in [1.54, 1.807) is 0 Å². The molecule has 0 aliphatic heterocycles. The topological polar surface area (TPSA) is 93.4 Å². The third-order valence-electron chi connectivity index (χ3n) is 11.5. The summed E-state index contributed by atoms with van der Waals surface area (Å²) in [4.78, 5) is 20.5. The normalized spacial score (nSPS) is 11.7. The highest BCUT2D eigenvalue weighted by molar-refractivity contribution is 6.11. The van der Waals surface area contributed by atoms with E-state index in [4.69, 9.17) is 24.4 Å². The van der Waals surface area contributed by atoms with Gasteiger partial charge in [0.2, 0.25) is 0 Å². The lowest BCUT2D eigenvalue weighted by atomic mass is 10.0. The van der Waals surface area contributed by atoms with Gasteiger partial charge >= 0.3 is 0 Å². The lowest BCUT2D eigenvalue weighted by Crippen LogP contribution is -2.01. The van der Waals surface area contributed by atoms with Gasteiger partial charge in [0.15, 0.2) is 23.1 Å². The molecule has 0 bridgehead atoms. The minimum absolute atomic E-state index is 0.597. The summed E-state index contributed by atoms with van der Waals surface area (Å²) < 4.78 is 8.26. The molecule has 0 radical (unpaired) electrons. The van der Waals surface area contributed by atoms with Crippen LogP contribution in [0.15, 0.2) is 186 Å². The highest BCUT2D eigenvalue weighted by atomic mass is 16.3. The van der Waals surface area contributed by atoms with Crippen LogP contribution in [0.2, 0.25) is 0 Å². The number of benzene rings is 8. The van der Waals surface area contributed by atoms with E-state index in [-0.39, 0.29) is 0 Å². The summed E-state index contributed by atoms with van der Waals surface area (Å²) >= 11 is 0. The fraction of sp³-hybridized carbons (Fsp3) is 0. The van der Waals surface area contributed by atoms with Crippen molar-refractivity contribution < 1.29 is 4.42 Å². The Bertz CT molecular complexity index is 3640. The Balaban J connectivity index is 0.985. The number of furan rings is 1. The van der Waals surface area contributed by atoms with Crippen molar-refractivity contribution >= 4 is 65.4 Å². The molecule has 7 heteroatoms. The molecule has 0 unspecified atom stereocenters. The molecule has 0 fully saturated rings. The molecule has 0 saturated carbocycles. The van der Waals surface area contributed by atoms with Gasteiger partial charge in [-0.2, -0.15) is 5.26 Å². The first-order chi connectivity index (χ1) is 29.7. The van der Waals surface area contributed by atoms with Gasteiger partial charge in [-0.15, -0.1) is 0 Å². The molecule has 7 nitrogen and oxygen atoms in total. The van der Waals surface area contributed by atoms with Crippen LogP contribution in [-0.4, -0.2) is 24.5 Å². The van der Waals surface area contributed by atoms with Gasteiger partial charge in [0.05, 0.1) is 22.7 Å². The van der Waals surface area contributed by atoms with Gasteiger partial charge in [-0.05, 0) is 87.3 Å². The first-order valence-electron chi connectivity index (χ1n) is 19.8. The molecule has 278 valence electrons. The van der Waals surface area contributed by atoms with E-state index in [1.807, 2.05) is 78.9 Å². The van der Waals surface area contributed by atoms with Gasteiger partial charge in [-0.3, -0.25) is 4.57 Å². The van der Waals surface area contributed by atoms with Crippen LogP contribution < -0.4 is 0 Å². The summed E-state index contributed by atoms with van der Waals surface area (Å²) in [5.41, 5.74) is 9.80. The predicted octanol–water partition coefficient (Wildman–Crippen LogP) is 13.1. The predicted molar refractivity (Wildman–Crippen MR) is 241 cm³/mol. The van der Waals surface area contributed by atoms with Crippen molar-refractivity contribution in [1.82, 2.24) is 24.5 Å². The number of nitriles is 1. The molecule has 0 amide bonds. The molecule has 4 heterocycles. The van der Waals surface area contributed by atoms with E-state index in [9.17, 15) is 5.26 Å². The van der Waals surface area contributed by atoms with Crippen LogP contribution in [0.1, 0.15) is 5.56 Å². The third-order valence-corrected chi connectivity index (χ3v) is 11.5. The second kappa shape index (κ2) is 13.3. The lowest BCUT2D eigenvalue weighted by Gasteiger charge is -2.12. The highest BCUT2D eigenvalue weighted by Crippen LogP contribution is 2.38. The molecule has 60 heavy (non-hydrogen) atoms. The van der Waals surface area contributed by atoms with E-state index < -0.39 is 0 Å². The molecule has 0 aliphatic rings. The fourth-order valence-electron chi connectivity index (χ4n) is 8.62. The summed E-state index contributed by atoms with van der Waals surface area (Å²) in [6, 6.07) is 64.2. The van der Waals surface area contributed by atoms with E-state index in [0.29, 0.717) is 23.0 Å². The Morgan fingerprint density at radius 1 is 0.417 bits per heavy atom. The second-order valence-corrected chi connectivity index (χ2v) is 15.0. The van der Waals surface area contributed by atoms with Crippen molar-refractivity contribution in [3.63, 3.8) is 0 Å². The van der Waals surface area contributed by atoms with Crippen molar-refractivity contribution in [2.45, 2.75) is 0 Å². The number of fused-ring (bicyclic) bond motifs is 8. The first-order valence-corrected chi connectivity index (χ1v) is 19.8. The molecular weight excluding hydrogens is 737 g/mol. The maximum Gasteiger partial charge on any atom is 0.164 e. The monoisotopic (exact) mass is 766 g/mol. The second-order valence-electron chi connectivity index (χ2n) is 15.0. The maximum absolute atomic E-state index is 9.90. The Hall–Kier alpha value is -8.47. The van der Waals surface area contributed by atoms with Crippen LogP contribution >= 0.6 is 0 Å². The minimum Gasteiger partial charge on any atom is -0.454 e. The summed E-state index contributed by atoms with van der Waals surface area (Å²) in [5, 5.41) is 17.3. The number of aromatic nitrogens is 5. The third kappa shape index (κ3) is 5.36. The maximum atomic E-state index is 9.90. The number of para-hydroxylation sites is 1. The zero-order valence-electron chi connectivity index (χ0n) is 31.9. The molecule has 12 aromatic rings. The SMILES string of the molecule is N#Cc1ccc2c(c1)c1cc(-c3ccc(-c4nc(-c5cccc6ccccc56)nc(-c5cccc6ccccc56)n4)cc3)ccc1n2-c1ccc2oc3ccccc3c2n1. The Morgan fingerprint density at radius 2 is 0.983 bits per heavy atom. The van der Waals surface area contributed by atoms with Gasteiger partial charge in [0, 0.05) is 32.8 Å². The Kier molecular flexibility index (Phi) is 7.46. The molecule has 12 rings (SSSR count). The number of nitrogens with zero attached hydrogens (tertiary/aromatic N) is 6. The van der Waals surface area contributed by atoms with E-state index in [1.165, 1.54) is 0 Å². The van der Waals surface area contributed by atoms with Crippen LogP contribution in [-0.2, 0) is 0 Å². The van der Waals surface area contributed by atoms with Crippen LogP contribution in [0.4, 0.5) is 0 Å². The van der Waals surface area contributed by atoms with Gasteiger partial charge in [-0.1, -0.05) is 127 Å². The average molecular weight is 767 g/mol. The summed E-state index contributed by atoms with van der Waals surface area (Å²) in [5.74, 6) is 2.62. The van der Waals surface area contributed by atoms with Crippen LogP contribution in [0.5, 0.6) is 0 Å². The highest BCUT2D eigenvalue weighted by Gasteiger charge is 2.19. The Morgan fingerprint density at radius 3 is 1.68 bits per heavy atom. The fourth-order valence-corrected chi connectivity index (χ4v) is 8.62. The van der Waals surface area contributed by atoms with E-state index in [0.717, 1.165) is 99.1 Å². The van der Waals surface area contributed by atoms with Crippen LogP contribution in [0.3, 0.4) is 0 Å². The van der Waals surface area contributed by atoms with Gasteiger partial charge in [0.1, 0.15) is 16.9 Å². The van der Waals surface area contributed by atoms with Crippen molar-refractivity contribution in [3.8, 4) is 57.2 Å². The van der Waals surface area contributed by atoms with Crippen LogP contribution in [0.25, 0.3) is 117 Å². The van der Waals surface area contributed by atoms with E-state index in [2.05, 4.69) is 114 Å². The number of hydrogen-bond acceptors (Lipinski definition) is 6. The zero-order valence-corrected chi connectivity index (χ0v) is 31.9. The van der Waals surface area contributed by atoms with Gasteiger partial charge in [0.25, 0.3) is 0 Å². The molecule has 8 aromatic carbocycles. The number of hydrogen-bond donors (Lipinski definition) is 0. The van der Waals surface area contributed by atoms with Crippen molar-refractivity contribution in [2.75, 3.05) is 0 Å². The van der Waals surface area contributed by atoms with Gasteiger partial charge < -0.3 is 4.42 Å². The molecule has 4 aromatic heterocycles. The summed E-state index contributed by atoms with van der Waals surface area (Å²) in [6.45, 7) is 0. The van der Waals surface area contributed by atoms with Crippen molar-refractivity contribution in [3.05, 3.63) is 188 Å². The summed E-state index contributed by atoms with van der Waals surface area (Å²) in [7, 11) is 0. The summed E-state index contributed by atoms with van der Waals surface area (Å²) in [6.07, 6.45) is 0.